The monoisotopic (exact) mass is 418 g/mol. The standard InChI is InChI=1S/C15H15BrN2.C4H4O4/c16-12-7-8-14-11(10-12)4-3-9-18(14)15-6-2-1-5-13(15)17;5-3(6)1-2-4(7)8/h1-2,5-8,10H,3-4,9,17H2;1-2H,(H,5,6)(H,7,8). The van der Waals surface area contributed by atoms with Gasteiger partial charge in [-0.1, -0.05) is 28.1 Å². The number of nitrogens with zero attached hydrogens (tertiary/aromatic N) is 1. The summed E-state index contributed by atoms with van der Waals surface area (Å²) in [5.74, 6) is -2.51. The van der Waals surface area contributed by atoms with E-state index in [4.69, 9.17) is 15.9 Å². The zero-order valence-electron chi connectivity index (χ0n) is 13.9. The largest absolute Gasteiger partial charge is 0.478 e. The second-order valence-electron chi connectivity index (χ2n) is 5.60. The Morgan fingerprint density at radius 1 is 1.04 bits per heavy atom. The van der Waals surface area contributed by atoms with Crippen LogP contribution in [0.4, 0.5) is 17.1 Å². The minimum Gasteiger partial charge on any atom is -0.478 e. The molecule has 0 saturated carbocycles. The molecule has 4 N–H and O–H groups in total. The van der Waals surface area contributed by atoms with Gasteiger partial charge in [0, 0.05) is 28.9 Å². The van der Waals surface area contributed by atoms with E-state index in [9.17, 15) is 9.59 Å². The quantitative estimate of drug-likeness (QED) is 0.516. The van der Waals surface area contributed by atoms with Crippen molar-refractivity contribution in [3.8, 4) is 0 Å². The number of hydrogen-bond donors (Lipinski definition) is 3. The van der Waals surface area contributed by atoms with Crippen molar-refractivity contribution in [1.82, 2.24) is 0 Å². The number of carboxylic acids is 2. The predicted octanol–water partition coefficient (Wildman–Crippen LogP) is 3.83. The summed E-state index contributed by atoms with van der Waals surface area (Å²) in [4.78, 5) is 21.4. The first kappa shape index (κ1) is 19.5. The molecule has 1 aliphatic heterocycles. The Hall–Kier alpha value is -2.80. The topological polar surface area (TPSA) is 104 Å². The van der Waals surface area contributed by atoms with Crippen LogP contribution in [-0.2, 0) is 16.0 Å². The lowest BCUT2D eigenvalue weighted by atomic mass is 10.0. The number of carboxylic acid groups (broad SMARTS) is 2. The Morgan fingerprint density at radius 2 is 1.69 bits per heavy atom. The summed E-state index contributed by atoms with van der Waals surface area (Å²) in [5, 5.41) is 15.6. The van der Waals surface area contributed by atoms with Crippen LogP contribution in [0.5, 0.6) is 0 Å². The van der Waals surface area contributed by atoms with Crippen LogP contribution in [0.3, 0.4) is 0 Å². The number of anilines is 3. The first-order valence-corrected chi connectivity index (χ1v) is 8.72. The molecule has 0 bridgehead atoms. The molecule has 1 heterocycles. The zero-order valence-corrected chi connectivity index (χ0v) is 15.5. The third-order valence-corrected chi connectivity index (χ3v) is 4.25. The average Bonchev–Trinajstić information content (AvgIpc) is 2.60. The smallest absolute Gasteiger partial charge is 0.328 e. The van der Waals surface area contributed by atoms with E-state index in [2.05, 4.69) is 45.1 Å². The minimum atomic E-state index is -1.26. The number of aryl methyl sites for hydroxylation is 1. The highest BCUT2D eigenvalue weighted by Crippen LogP contribution is 2.37. The molecule has 0 fully saturated rings. The van der Waals surface area contributed by atoms with Crippen molar-refractivity contribution in [2.75, 3.05) is 17.2 Å². The molecule has 0 amide bonds. The molecule has 0 unspecified atom stereocenters. The van der Waals surface area contributed by atoms with Gasteiger partial charge >= 0.3 is 11.9 Å². The molecule has 2 aromatic rings. The number of rotatable bonds is 3. The van der Waals surface area contributed by atoms with Gasteiger partial charge in [0.25, 0.3) is 0 Å². The Bertz CT molecular complexity index is 820. The van der Waals surface area contributed by atoms with E-state index in [1.807, 2.05) is 18.2 Å². The Morgan fingerprint density at radius 3 is 2.31 bits per heavy atom. The lowest BCUT2D eigenvalue weighted by molar-refractivity contribution is -0.134. The minimum absolute atomic E-state index is 0.558. The number of carbonyl (C=O) groups is 2. The number of aliphatic carboxylic acids is 2. The predicted molar refractivity (Wildman–Crippen MR) is 105 cm³/mol. The fourth-order valence-corrected chi connectivity index (χ4v) is 3.10. The molecule has 0 saturated heterocycles. The Balaban J connectivity index is 0.000000260. The third kappa shape index (κ3) is 5.35. The second-order valence-corrected chi connectivity index (χ2v) is 6.51. The molecule has 0 radical (unpaired) electrons. The molecular weight excluding hydrogens is 400 g/mol. The van der Waals surface area contributed by atoms with Gasteiger partial charge in [-0.2, -0.15) is 0 Å². The molecule has 2 aromatic carbocycles. The molecule has 0 aromatic heterocycles. The maximum Gasteiger partial charge on any atom is 0.328 e. The first-order chi connectivity index (χ1) is 12.4. The normalized spacial score (nSPS) is 12.9. The van der Waals surface area contributed by atoms with Gasteiger partial charge in [0.15, 0.2) is 0 Å². The van der Waals surface area contributed by atoms with E-state index < -0.39 is 11.9 Å². The molecule has 26 heavy (non-hydrogen) atoms. The third-order valence-electron chi connectivity index (χ3n) is 3.76. The van der Waals surface area contributed by atoms with Gasteiger partial charge in [0.2, 0.25) is 0 Å². The Kier molecular flexibility index (Phi) is 6.80. The maximum atomic E-state index is 9.55. The molecule has 0 atom stereocenters. The highest BCUT2D eigenvalue weighted by molar-refractivity contribution is 9.10. The van der Waals surface area contributed by atoms with Crippen LogP contribution < -0.4 is 10.6 Å². The van der Waals surface area contributed by atoms with Crippen LogP contribution in [-0.4, -0.2) is 28.7 Å². The molecular formula is C19H19BrN2O4. The molecule has 0 aliphatic carbocycles. The van der Waals surface area contributed by atoms with Crippen LogP contribution in [0, 0.1) is 0 Å². The first-order valence-electron chi connectivity index (χ1n) is 7.93. The van der Waals surface area contributed by atoms with Gasteiger partial charge in [0.05, 0.1) is 11.4 Å². The molecule has 3 rings (SSSR count). The van der Waals surface area contributed by atoms with Gasteiger partial charge in [-0.05, 0) is 48.7 Å². The van der Waals surface area contributed by atoms with Gasteiger partial charge in [-0.25, -0.2) is 9.59 Å². The van der Waals surface area contributed by atoms with E-state index >= 15 is 0 Å². The van der Waals surface area contributed by atoms with E-state index in [-0.39, 0.29) is 0 Å². The number of nitrogens with two attached hydrogens (primary N) is 1. The fraction of sp³-hybridized carbons (Fsp3) is 0.158. The van der Waals surface area contributed by atoms with Crippen LogP contribution >= 0.6 is 15.9 Å². The summed E-state index contributed by atoms with van der Waals surface area (Å²) in [7, 11) is 0. The molecule has 0 spiro atoms. The van der Waals surface area contributed by atoms with Crippen LogP contribution in [0.25, 0.3) is 0 Å². The van der Waals surface area contributed by atoms with E-state index in [1.54, 1.807) is 0 Å². The Labute approximate surface area is 159 Å². The van der Waals surface area contributed by atoms with E-state index in [1.165, 1.54) is 11.3 Å². The van der Waals surface area contributed by atoms with Gasteiger partial charge in [0.1, 0.15) is 0 Å². The molecule has 136 valence electrons. The van der Waals surface area contributed by atoms with E-state index in [0.717, 1.165) is 35.2 Å². The number of hydrogen-bond acceptors (Lipinski definition) is 4. The highest BCUT2D eigenvalue weighted by Gasteiger charge is 2.19. The summed E-state index contributed by atoms with van der Waals surface area (Å²) in [5.41, 5.74) is 10.7. The summed E-state index contributed by atoms with van der Waals surface area (Å²) in [6, 6.07) is 14.5. The molecule has 7 heteroatoms. The maximum absolute atomic E-state index is 9.55. The highest BCUT2D eigenvalue weighted by atomic mass is 79.9. The van der Waals surface area contributed by atoms with Crippen molar-refractivity contribution in [3.05, 3.63) is 64.7 Å². The van der Waals surface area contributed by atoms with Gasteiger partial charge in [-0.15, -0.1) is 0 Å². The number of nitrogen functional groups attached to an aromatic ring is 1. The average molecular weight is 419 g/mol. The lowest BCUT2D eigenvalue weighted by Crippen LogP contribution is -2.25. The number of para-hydroxylation sites is 2. The second kappa shape index (κ2) is 9.05. The van der Waals surface area contributed by atoms with Crippen molar-refractivity contribution in [1.29, 1.82) is 0 Å². The van der Waals surface area contributed by atoms with Crippen LogP contribution in [0.15, 0.2) is 59.1 Å². The van der Waals surface area contributed by atoms with Crippen molar-refractivity contribution in [2.45, 2.75) is 12.8 Å². The lowest BCUT2D eigenvalue weighted by Gasteiger charge is -2.32. The van der Waals surface area contributed by atoms with Crippen molar-refractivity contribution < 1.29 is 19.8 Å². The summed E-state index contributed by atoms with van der Waals surface area (Å²) >= 11 is 3.54. The SMILES string of the molecule is Nc1ccccc1N1CCCc2cc(Br)ccc21.O=C(O)C=CC(=O)O. The van der Waals surface area contributed by atoms with Gasteiger partial charge in [-0.3, -0.25) is 0 Å². The van der Waals surface area contributed by atoms with Crippen molar-refractivity contribution >= 4 is 44.9 Å². The molecule has 1 aliphatic rings. The number of fused-ring (bicyclic) bond motifs is 1. The zero-order chi connectivity index (χ0) is 19.1. The van der Waals surface area contributed by atoms with Crippen molar-refractivity contribution in [2.24, 2.45) is 0 Å². The van der Waals surface area contributed by atoms with E-state index in [0.29, 0.717) is 12.2 Å². The summed E-state index contributed by atoms with van der Waals surface area (Å²) in [6.07, 6.45) is 3.42. The summed E-state index contributed by atoms with van der Waals surface area (Å²) < 4.78 is 1.14. The summed E-state index contributed by atoms with van der Waals surface area (Å²) in [6.45, 7) is 1.03. The fourth-order valence-electron chi connectivity index (χ4n) is 2.69. The van der Waals surface area contributed by atoms with Crippen LogP contribution in [0.2, 0.25) is 0 Å². The van der Waals surface area contributed by atoms with Crippen LogP contribution in [0.1, 0.15) is 12.0 Å². The number of benzene rings is 2. The van der Waals surface area contributed by atoms with Crippen molar-refractivity contribution in [3.63, 3.8) is 0 Å². The van der Waals surface area contributed by atoms with Gasteiger partial charge < -0.3 is 20.8 Å². The number of halogens is 1. The molecule has 6 nitrogen and oxygen atoms in total.